The number of quaternary nitrogens is 1. The van der Waals surface area contributed by atoms with Crippen molar-refractivity contribution in [2.45, 2.75) is 25.2 Å². The third kappa shape index (κ3) is 5.90. The lowest BCUT2D eigenvalue weighted by Gasteiger charge is -2.31. The van der Waals surface area contributed by atoms with Crippen LogP contribution in [0.25, 0.3) is 0 Å². The van der Waals surface area contributed by atoms with Crippen LogP contribution in [0.3, 0.4) is 0 Å². The van der Waals surface area contributed by atoms with E-state index in [0.29, 0.717) is 43.2 Å². The van der Waals surface area contributed by atoms with Crippen LogP contribution in [-0.2, 0) is 14.8 Å². The largest absolute Gasteiger partial charge is 0.872 e. The predicted octanol–water partition coefficient (Wildman–Crippen LogP) is -0.112. The molecule has 0 radical (unpaired) electrons. The first-order valence-electron chi connectivity index (χ1n) is 10.3. The van der Waals surface area contributed by atoms with Crippen LogP contribution in [0.5, 0.6) is 5.75 Å². The molecule has 0 aliphatic carbocycles. The topological polar surface area (TPSA) is 106 Å². The second-order valence-corrected chi connectivity index (χ2v) is 9.55. The Morgan fingerprint density at radius 3 is 2.29 bits per heavy atom. The van der Waals surface area contributed by atoms with E-state index in [1.54, 1.807) is 36.4 Å². The van der Waals surface area contributed by atoms with E-state index in [0.717, 1.165) is 16.0 Å². The summed E-state index contributed by atoms with van der Waals surface area (Å²) in [6.07, 6.45) is 0.612. The first kappa shape index (κ1) is 22.9. The molecule has 9 heteroatoms. The summed E-state index contributed by atoms with van der Waals surface area (Å²) < 4.78 is 27.1. The van der Waals surface area contributed by atoms with Gasteiger partial charge in [-0.2, -0.15) is 9.41 Å². The molecule has 0 spiro atoms. The van der Waals surface area contributed by atoms with Gasteiger partial charge in [0.1, 0.15) is 0 Å². The highest BCUT2D eigenvalue weighted by Gasteiger charge is 2.31. The number of carbonyl (C=O) groups is 1. The summed E-state index contributed by atoms with van der Waals surface area (Å²) in [6.45, 7) is 5.89. The molecule has 1 aliphatic rings. The zero-order chi connectivity index (χ0) is 22.4. The quantitative estimate of drug-likeness (QED) is 0.459. The van der Waals surface area contributed by atoms with Gasteiger partial charge in [-0.05, 0) is 31.0 Å². The zero-order valence-corrected chi connectivity index (χ0v) is 18.6. The average molecular weight is 445 g/mol. The third-order valence-electron chi connectivity index (χ3n) is 5.34. The maximum absolute atomic E-state index is 12.8. The van der Waals surface area contributed by atoms with Gasteiger partial charge in [0.25, 0.3) is 5.91 Å². The number of benzene rings is 2. The minimum Gasteiger partial charge on any atom is -0.872 e. The van der Waals surface area contributed by atoms with Crippen LogP contribution in [0.1, 0.15) is 24.5 Å². The molecule has 1 saturated heterocycles. The number of sulfonamides is 1. The summed E-state index contributed by atoms with van der Waals surface area (Å²) in [5.74, 6) is -0.299. The summed E-state index contributed by atoms with van der Waals surface area (Å²) in [5, 5.41) is 15.4. The molecule has 1 fully saturated rings. The monoisotopic (exact) mass is 444 g/mol. The van der Waals surface area contributed by atoms with Gasteiger partial charge >= 0.3 is 0 Å². The van der Waals surface area contributed by atoms with Crippen molar-refractivity contribution in [2.75, 3.05) is 32.7 Å². The average Bonchev–Trinajstić information content (AvgIpc) is 2.76. The predicted molar refractivity (Wildman–Crippen MR) is 116 cm³/mol. The fraction of sp³-hybridized carbons (Fsp3) is 0.364. The number of hydrogen-bond donors (Lipinski definition) is 2. The van der Waals surface area contributed by atoms with Crippen LogP contribution in [0.4, 0.5) is 0 Å². The lowest BCUT2D eigenvalue weighted by atomic mass is 10.1. The van der Waals surface area contributed by atoms with E-state index >= 15 is 0 Å². The highest BCUT2D eigenvalue weighted by Crippen LogP contribution is 2.16. The number of piperazine rings is 1. The highest BCUT2D eigenvalue weighted by atomic mass is 32.2. The van der Waals surface area contributed by atoms with Crippen LogP contribution < -0.4 is 15.4 Å². The van der Waals surface area contributed by atoms with Crippen LogP contribution >= 0.6 is 0 Å². The number of nitrogens with zero attached hydrogens (tertiary/aromatic N) is 2. The lowest BCUT2D eigenvalue weighted by Crippen LogP contribution is -3.15. The van der Waals surface area contributed by atoms with Gasteiger partial charge in [-0.25, -0.2) is 13.8 Å². The molecule has 0 aromatic heterocycles. The molecule has 0 atom stereocenters. The van der Waals surface area contributed by atoms with Crippen LogP contribution in [-0.4, -0.2) is 57.1 Å². The van der Waals surface area contributed by atoms with Gasteiger partial charge in [0.05, 0.1) is 36.8 Å². The van der Waals surface area contributed by atoms with E-state index in [4.69, 9.17) is 0 Å². The Morgan fingerprint density at radius 1 is 1.10 bits per heavy atom. The highest BCUT2D eigenvalue weighted by molar-refractivity contribution is 7.89. The first-order chi connectivity index (χ1) is 14.8. The molecule has 0 unspecified atom stereocenters. The Hall–Kier alpha value is -2.75. The van der Waals surface area contributed by atoms with Crippen molar-refractivity contribution in [3.8, 4) is 5.75 Å². The van der Waals surface area contributed by atoms with Gasteiger partial charge in [-0.15, -0.1) is 5.75 Å². The molecular formula is C22H28N4O4S. The molecule has 2 aromatic rings. The molecule has 2 aromatic carbocycles. The van der Waals surface area contributed by atoms with Crippen molar-refractivity contribution in [2.24, 2.45) is 5.10 Å². The molecule has 8 nitrogen and oxygen atoms in total. The number of rotatable bonds is 7. The molecule has 31 heavy (non-hydrogen) atoms. The molecular weight excluding hydrogens is 416 g/mol. The van der Waals surface area contributed by atoms with Gasteiger partial charge in [-0.3, -0.25) is 4.79 Å². The molecule has 0 bridgehead atoms. The molecule has 1 aliphatic heterocycles. The van der Waals surface area contributed by atoms with Crippen LogP contribution in [0, 0.1) is 6.92 Å². The molecule has 1 amide bonds. The van der Waals surface area contributed by atoms with E-state index in [1.165, 1.54) is 16.4 Å². The van der Waals surface area contributed by atoms with Gasteiger partial charge in [0.15, 0.2) is 6.54 Å². The van der Waals surface area contributed by atoms with Crippen molar-refractivity contribution >= 4 is 21.6 Å². The zero-order valence-electron chi connectivity index (χ0n) is 17.8. The van der Waals surface area contributed by atoms with E-state index < -0.39 is 10.0 Å². The number of carbonyl (C=O) groups excluding carboxylic acids is 1. The number of amides is 1. The molecule has 166 valence electrons. The van der Waals surface area contributed by atoms with E-state index in [1.807, 2.05) is 13.8 Å². The number of hydrazone groups is 1. The van der Waals surface area contributed by atoms with E-state index in [2.05, 4.69) is 10.5 Å². The molecule has 0 saturated carbocycles. The van der Waals surface area contributed by atoms with Crippen molar-refractivity contribution in [3.05, 3.63) is 59.7 Å². The number of nitrogens with one attached hydrogen (secondary N) is 2. The fourth-order valence-corrected chi connectivity index (χ4v) is 4.91. The Bertz CT molecular complexity index is 1030. The third-order valence-corrected chi connectivity index (χ3v) is 7.25. The number of aryl methyl sites for hydroxylation is 1. The summed E-state index contributed by atoms with van der Waals surface area (Å²) in [7, 11) is -3.51. The van der Waals surface area contributed by atoms with E-state index in [-0.39, 0.29) is 18.2 Å². The Balaban J connectivity index is 1.52. The second kappa shape index (κ2) is 10.0. The summed E-state index contributed by atoms with van der Waals surface area (Å²) in [4.78, 5) is 13.6. The number of hydrogen-bond acceptors (Lipinski definition) is 5. The summed E-state index contributed by atoms with van der Waals surface area (Å²) >= 11 is 0. The Morgan fingerprint density at radius 2 is 1.71 bits per heavy atom. The summed E-state index contributed by atoms with van der Waals surface area (Å²) in [5.41, 5.74) is 5.08. The summed E-state index contributed by atoms with van der Waals surface area (Å²) in [6, 6.07) is 13.2. The lowest BCUT2D eigenvalue weighted by molar-refractivity contribution is -0.895. The Kier molecular flexibility index (Phi) is 7.42. The van der Waals surface area contributed by atoms with Crippen molar-refractivity contribution in [1.29, 1.82) is 0 Å². The minimum atomic E-state index is -3.51. The van der Waals surface area contributed by atoms with Crippen molar-refractivity contribution in [1.82, 2.24) is 9.73 Å². The minimum absolute atomic E-state index is 0.0737. The molecule has 2 N–H and O–H groups in total. The maximum Gasteiger partial charge on any atom is 0.295 e. The van der Waals surface area contributed by atoms with E-state index in [9.17, 15) is 18.3 Å². The van der Waals surface area contributed by atoms with Gasteiger partial charge in [-0.1, -0.05) is 48.9 Å². The normalized spacial score (nSPS) is 16.3. The Labute approximate surface area is 183 Å². The van der Waals surface area contributed by atoms with Crippen LogP contribution in [0.15, 0.2) is 58.5 Å². The molecule has 3 rings (SSSR count). The van der Waals surface area contributed by atoms with Crippen molar-refractivity contribution in [3.63, 3.8) is 0 Å². The smallest absolute Gasteiger partial charge is 0.295 e. The standard InChI is InChI=1S/C22H28N4O4S/c1-3-21(18-6-8-19(27)9-7-18)23-24-22(28)16-25-12-14-26(15-13-25)31(29,30)20-10-4-17(2)5-11-20/h4-11,27H,3,12-16H2,1-2H3,(H,24,28)/b23-21+. The SMILES string of the molecule is CC/C(=N\NC(=O)C[NH+]1CCN(S(=O)(=O)c2ccc(C)cc2)CC1)c1ccc([O-])cc1. The van der Waals surface area contributed by atoms with Gasteiger partial charge in [0.2, 0.25) is 10.0 Å². The van der Waals surface area contributed by atoms with Gasteiger partial charge in [0, 0.05) is 0 Å². The van der Waals surface area contributed by atoms with Gasteiger partial charge < -0.3 is 10.0 Å². The van der Waals surface area contributed by atoms with Crippen molar-refractivity contribution < 1.29 is 23.2 Å². The maximum atomic E-state index is 12.8. The second-order valence-electron chi connectivity index (χ2n) is 7.62. The molecule has 1 heterocycles. The fourth-order valence-electron chi connectivity index (χ4n) is 3.47. The first-order valence-corrected chi connectivity index (χ1v) is 11.8. The van der Waals surface area contributed by atoms with Crippen LogP contribution in [0.2, 0.25) is 0 Å².